The van der Waals surface area contributed by atoms with Gasteiger partial charge in [0, 0.05) is 12.8 Å². The Labute approximate surface area is 99.3 Å². The topological polar surface area (TPSA) is 37.3 Å². The van der Waals surface area contributed by atoms with E-state index >= 15 is 0 Å². The molecule has 1 unspecified atom stereocenters. The van der Waals surface area contributed by atoms with E-state index in [1.165, 1.54) is 0 Å². The minimum absolute atomic E-state index is 0.0675. The summed E-state index contributed by atoms with van der Waals surface area (Å²) in [7, 11) is 0. The molecule has 0 aliphatic carbocycles. The summed E-state index contributed by atoms with van der Waals surface area (Å²) in [4.78, 5) is 10.1. The van der Waals surface area contributed by atoms with Gasteiger partial charge in [0.1, 0.15) is 0 Å². The molecule has 8 heteroatoms. The lowest BCUT2D eigenvalue weighted by Gasteiger charge is -2.18. The summed E-state index contributed by atoms with van der Waals surface area (Å²) >= 11 is 0. The Kier molecular flexibility index (Phi) is 6.79. The molecular weight excluding hydrogens is 266 g/mol. The molecule has 0 aromatic heterocycles. The van der Waals surface area contributed by atoms with E-state index in [4.69, 9.17) is 5.11 Å². The first-order valence-corrected chi connectivity index (χ1v) is 5.13. The van der Waals surface area contributed by atoms with Crippen LogP contribution in [0.1, 0.15) is 32.1 Å². The number of aliphatic carboxylic acids is 1. The lowest BCUT2D eigenvalue weighted by molar-refractivity contribution is -0.137. The van der Waals surface area contributed by atoms with Crippen molar-refractivity contribution in [1.29, 1.82) is 0 Å². The number of halogens is 6. The number of carbonyl (C=O) groups is 1. The van der Waals surface area contributed by atoms with Crippen molar-refractivity contribution in [2.45, 2.75) is 44.2 Å². The zero-order valence-corrected chi connectivity index (χ0v) is 9.24. The Morgan fingerprint density at radius 3 is 2.11 bits per heavy atom. The van der Waals surface area contributed by atoms with Gasteiger partial charge in [-0.25, -0.2) is 17.6 Å². The molecule has 0 radical (unpaired) electrons. The monoisotopic (exact) mass is 278 g/mol. The highest BCUT2D eigenvalue weighted by molar-refractivity contribution is 5.66. The second-order valence-electron chi connectivity index (χ2n) is 3.69. The Morgan fingerprint density at radius 1 is 1.11 bits per heavy atom. The van der Waals surface area contributed by atoms with Crippen molar-refractivity contribution in [3.05, 3.63) is 11.9 Å². The van der Waals surface area contributed by atoms with Crippen LogP contribution < -0.4 is 0 Å². The lowest BCUT2D eigenvalue weighted by atomic mass is 10.0. The molecule has 0 spiro atoms. The molecule has 18 heavy (non-hydrogen) atoms. The van der Waals surface area contributed by atoms with Gasteiger partial charge in [-0.1, -0.05) is 6.42 Å². The predicted octanol–water partition coefficient (Wildman–Crippen LogP) is 4.07. The molecular formula is C10H12F6O2. The molecule has 0 aromatic rings. The largest absolute Gasteiger partial charge is 0.481 e. The fraction of sp³-hybridized carbons (Fsp3) is 0.700. The van der Waals surface area contributed by atoms with Gasteiger partial charge in [-0.3, -0.25) is 4.79 Å². The summed E-state index contributed by atoms with van der Waals surface area (Å²) in [5.74, 6) is -8.08. The molecule has 0 aliphatic rings. The van der Waals surface area contributed by atoms with Gasteiger partial charge in [0.2, 0.25) is 12.0 Å². The summed E-state index contributed by atoms with van der Waals surface area (Å²) in [5, 5.41) is 8.25. The number of unbranched alkanes of at least 4 members (excludes halogenated alkanes) is 2. The van der Waals surface area contributed by atoms with Crippen molar-refractivity contribution < 1.29 is 36.2 Å². The maximum atomic E-state index is 12.9. The van der Waals surface area contributed by atoms with E-state index in [1.54, 1.807) is 0 Å². The van der Waals surface area contributed by atoms with E-state index in [1.807, 2.05) is 0 Å². The molecule has 0 heterocycles. The van der Waals surface area contributed by atoms with Crippen LogP contribution in [-0.2, 0) is 4.79 Å². The number of hydrogen-bond acceptors (Lipinski definition) is 1. The van der Waals surface area contributed by atoms with Crippen molar-refractivity contribution in [3.8, 4) is 0 Å². The SMILES string of the molecule is O=C(O)CCCCCC(F)(F)C(F)C(F)=C(F)F. The average molecular weight is 278 g/mol. The number of alkyl halides is 3. The van der Waals surface area contributed by atoms with Crippen LogP contribution in [-0.4, -0.2) is 23.2 Å². The minimum atomic E-state index is -4.23. The predicted molar refractivity (Wildman–Crippen MR) is 50.9 cm³/mol. The Hall–Kier alpha value is -1.21. The van der Waals surface area contributed by atoms with Crippen LogP contribution in [0.5, 0.6) is 0 Å². The maximum Gasteiger partial charge on any atom is 0.304 e. The number of carboxylic acid groups (broad SMARTS) is 1. The van der Waals surface area contributed by atoms with Crippen molar-refractivity contribution in [3.63, 3.8) is 0 Å². The third kappa shape index (κ3) is 5.92. The van der Waals surface area contributed by atoms with E-state index in [2.05, 4.69) is 0 Å². The molecule has 1 N–H and O–H groups in total. The molecule has 2 nitrogen and oxygen atoms in total. The van der Waals surface area contributed by atoms with Crippen LogP contribution >= 0.6 is 0 Å². The smallest absolute Gasteiger partial charge is 0.304 e. The van der Waals surface area contributed by atoms with Crippen LogP contribution in [0, 0.1) is 0 Å². The summed E-state index contributed by atoms with van der Waals surface area (Å²) in [6.45, 7) is 0. The Balaban J connectivity index is 4.15. The first kappa shape index (κ1) is 16.8. The van der Waals surface area contributed by atoms with E-state index < -0.39 is 36.4 Å². The van der Waals surface area contributed by atoms with Crippen molar-refractivity contribution in [2.24, 2.45) is 0 Å². The highest BCUT2D eigenvalue weighted by Crippen LogP contribution is 2.34. The van der Waals surface area contributed by atoms with Gasteiger partial charge in [0.05, 0.1) is 0 Å². The fourth-order valence-corrected chi connectivity index (χ4v) is 1.22. The van der Waals surface area contributed by atoms with Gasteiger partial charge in [-0.2, -0.15) is 8.78 Å². The summed E-state index contributed by atoms with van der Waals surface area (Å²) in [5.41, 5.74) is 0. The number of rotatable bonds is 8. The zero-order valence-electron chi connectivity index (χ0n) is 9.24. The van der Waals surface area contributed by atoms with E-state index in [0.29, 0.717) is 0 Å². The van der Waals surface area contributed by atoms with Crippen LogP contribution in [0.2, 0.25) is 0 Å². The van der Waals surface area contributed by atoms with Gasteiger partial charge >= 0.3 is 12.0 Å². The van der Waals surface area contributed by atoms with E-state index in [0.717, 1.165) is 0 Å². The third-order valence-electron chi connectivity index (χ3n) is 2.17. The van der Waals surface area contributed by atoms with E-state index in [-0.39, 0.29) is 25.7 Å². The van der Waals surface area contributed by atoms with Crippen LogP contribution in [0.4, 0.5) is 26.3 Å². The van der Waals surface area contributed by atoms with Gasteiger partial charge < -0.3 is 5.11 Å². The van der Waals surface area contributed by atoms with Gasteiger partial charge in [0.15, 0.2) is 0 Å². The molecule has 1 atom stereocenters. The van der Waals surface area contributed by atoms with Gasteiger partial charge in [0.25, 0.3) is 5.92 Å². The highest BCUT2D eigenvalue weighted by Gasteiger charge is 2.44. The highest BCUT2D eigenvalue weighted by atomic mass is 19.3. The Bertz CT molecular complexity index is 311. The molecule has 0 saturated heterocycles. The fourth-order valence-electron chi connectivity index (χ4n) is 1.22. The molecule has 0 aromatic carbocycles. The molecule has 0 fully saturated rings. The minimum Gasteiger partial charge on any atom is -0.481 e. The second-order valence-corrected chi connectivity index (χ2v) is 3.69. The van der Waals surface area contributed by atoms with Crippen molar-refractivity contribution >= 4 is 5.97 Å². The Morgan fingerprint density at radius 2 is 1.67 bits per heavy atom. The van der Waals surface area contributed by atoms with Crippen molar-refractivity contribution in [2.75, 3.05) is 0 Å². The van der Waals surface area contributed by atoms with Gasteiger partial charge in [-0.05, 0) is 12.8 Å². The van der Waals surface area contributed by atoms with E-state index in [9.17, 15) is 31.1 Å². The molecule has 106 valence electrons. The summed E-state index contributed by atoms with van der Waals surface area (Å²) in [6.07, 6.45) is -8.21. The summed E-state index contributed by atoms with van der Waals surface area (Å²) < 4.78 is 74.0. The van der Waals surface area contributed by atoms with Crippen molar-refractivity contribution in [1.82, 2.24) is 0 Å². The number of carboxylic acids is 1. The molecule has 0 amide bonds. The van der Waals surface area contributed by atoms with Crippen LogP contribution in [0.15, 0.2) is 11.9 Å². The van der Waals surface area contributed by atoms with Crippen LogP contribution in [0.25, 0.3) is 0 Å². The first-order chi connectivity index (χ1) is 8.18. The zero-order chi connectivity index (χ0) is 14.3. The molecule has 0 bridgehead atoms. The first-order valence-electron chi connectivity index (χ1n) is 5.13. The third-order valence-corrected chi connectivity index (χ3v) is 2.17. The van der Waals surface area contributed by atoms with Crippen LogP contribution in [0.3, 0.4) is 0 Å². The average Bonchev–Trinajstić information content (AvgIpc) is 2.25. The summed E-state index contributed by atoms with van der Waals surface area (Å²) in [6, 6.07) is 0. The maximum absolute atomic E-state index is 12.9. The molecule has 0 aliphatic heterocycles. The quantitative estimate of drug-likeness (QED) is 0.536. The lowest BCUT2D eigenvalue weighted by Crippen LogP contribution is -2.30. The number of allylic oxidation sites excluding steroid dienone is 1. The molecule has 0 rings (SSSR count). The standard InChI is InChI=1S/C10H12F6O2/c11-7(9(13)14)8(12)10(15,16)5-3-1-2-4-6(17)18/h8H,1-5H2,(H,17,18). The van der Waals surface area contributed by atoms with Gasteiger partial charge in [-0.15, -0.1) is 0 Å². The molecule has 0 saturated carbocycles. The number of hydrogen-bond donors (Lipinski definition) is 1. The second kappa shape index (κ2) is 7.27. The normalized spacial score (nSPS) is 13.2.